The highest BCUT2D eigenvalue weighted by Crippen LogP contribution is 2.28. The zero-order valence-electron chi connectivity index (χ0n) is 12.1. The van der Waals surface area contributed by atoms with Crippen molar-refractivity contribution in [3.63, 3.8) is 0 Å². The number of nitrogens with zero attached hydrogens (tertiary/aromatic N) is 2. The molecule has 1 aromatic heterocycles. The van der Waals surface area contributed by atoms with Crippen molar-refractivity contribution >= 4 is 11.6 Å². The maximum absolute atomic E-state index is 13.1. The lowest BCUT2D eigenvalue weighted by molar-refractivity contribution is 0.182. The number of hydrogen-bond donors (Lipinski definition) is 1. The molecule has 1 unspecified atom stereocenters. The van der Waals surface area contributed by atoms with E-state index in [0.29, 0.717) is 18.2 Å². The first-order chi connectivity index (χ1) is 10.2. The monoisotopic (exact) mass is 311 g/mol. The van der Waals surface area contributed by atoms with Gasteiger partial charge in [0.15, 0.2) is 0 Å². The number of ether oxygens (including phenoxy) is 1. The fraction of sp³-hybridized carbons (Fsp3) is 0.400. The van der Waals surface area contributed by atoms with E-state index in [9.17, 15) is 4.39 Å². The van der Waals surface area contributed by atoms with Crippen LogP contribution in [0.3, 0.4) is 0 Å². The molecule has 2 aromatic rings. The Morgan fingerprint density at radius 3 is 2.71 bits per heavy atom. The molecule has 0 spiro atoms. The maximum Gasteiger partial charge on any atom is 0.123 e. The van der Waals surface area contributed by atoms with E-state index < -0.39 is 0 Å². The van der Waals surface area contributed by atoms with Crippen molar-refractivity contribution in [3.05, 3.63) is 52.6 Å². The molecule has 21 heavy (non-hydrogen) atoms. The van der Waals surface area contributed by atoms with Crippen LogP contribution in [0.2, 0.25) is 5.02 Å². The maximum atomic E-state index is 13.1. The van der Waals surface area contributed by atoms with Crippen LogP contribution in [-0.4, -0.2) is 30.0 Å². The van der Waals surface area contributed by atoms with Gasteiger partial charge in [-0.1, -0.05) is 30.7 Å². The SMILES string of the molecule is CCNC(c1ccc(F)cc1)c1c(Cl)cnn1CCOC. The Morgan fingerprint density at radius 1 is 1.38 bits per heavy atom. The van der Waals surface area contributed by atoms with Gasteiger partial charge in [0, 0.05) is 7.11 Å². The summed E-state index contributed by atoms with van der Waals surface area (Å²) in [6.45, 7) is 3.93. The van der Waals surface area contributed by atoms with E-state index in [4.69, 9.17) is 16.3 Å². The molecule has 0 aliphatic carbocycles. The standard InChI is InChI=1S/C15H19ClFN3O/c1-3-18-14(11-4-6-12(17)7-5-11)15-13(16)10-19-20(15)8-9-21-2/h4-7,10,14,18H,3,8-9H2,1-2H3. The van der Waals surface area contributed by atoms with Crippen LogP contribution < -0.4 is 5.32 Å². The van der Waals surface area contributed by atoms with Crippen LogP contribution in [0.4, 0.5) is 4.39 Å². The lowest BCUT2D eigenvalue weighted by Gasteiger charge is -2.20. The molecule has 0 fully saturated rings. The highest BCUT2D eigenvalue weighted by Gasteiger charge is 2.21. The second kappa shape index (κ2) is 7.54. The summed E-state index contributed by atoms with van der Waals surface area (Å²) in [5, 5.41) is 8.24. The topological polar surface area (TPSA) is 39.1 Å². The van der Waals surface area contributed by atoms with Crippen LogP contribution >= 0.6 is 11.6 Å². The second-order valence-corrected chi connectivity index (χ2v) is 5.04. The van der Waals surface area contributed by atoms with Crippen molar-refractivity contribution in [2.45, 2.75) is 19.5 Å². The Hall–Kier alpha value is -1.43. The third kappa shape index (κ3) is 3.81. The predicted molar refractivity (Wildman–Crippen MR) is 81.0 cm³/mol. The van der Waals surface area contributed by atoms with Gasteiger partial charge in [-0.05, 0) is 24.2 Å². The van der Waals surface area contributed by atoms with Crippen molar-refractivity contribution in [3.8, 4) is 0 Å². The molecule has 1 aromatic carbocycles. The fourth-order valence-electron chi connectivity index (χ4n) is 2.25. The summed E-state index contributed by atoms with van der Waals surface area (Å²) in [4.78, 5) is 0. The van der Waals surface area contributed by atoms with Crippen LogP contribution in [0.1, 0.15) is 24.2 Å². The zero-order valence-corrected chi connectivity index (χ0v) is 12.9. The summed E-state index contributed by atoms with van der Waals surface area (Å²) in [6.07, 6.45) is 1.63. The number of benzene rings is 1. The highest BCUT2D eigenvalue weighted by atomic mass is 35.5. The smallest absolute Gasteiger partial charge is 0.123 e. The van der Waals surface area contributed by atoms with Crippen molar-refractivity contribution < 1.29 is 9.13 Å². The molecule has 2 rings (SSSR count). The number of rotatable bonds is 7. The Kier molecular flexibility index (Phi) is 5.73. The van der Waals surface area contributed by atoms with Crippen LogP contribution in [-0.2, 0) is 11.3 Å². The lowest BCUT2D eigenvalue weighted by Crippen LogP contribution is -2.26. The number of halogens is 2. The summed E-state index contributed by atoms with van der Waals surface area (Å²) in [5.41, 5.74) is 1.81. The van der Waals surface area contributed by atoms with E-state index >= 15 is 0 Å². The van der Waals surface area contributed by atoms with Crippen molar-refractivity contribution in [1.29, 1.82) is 0 Å². The summed E-state index contributed by atoms with van der Waals surface area (Å²) >= 11 is 6.30. The van der Waals surface area contributed by atoms with Gasteiger partial charge >= 0.3 is 0 Å². The molecule has 6 heteroatoms. The largest absolute Gasteiger partial charge is 0.383 e. The third-order valence-corrected chi connectivity index (χ3v) is 3.52. The van der Waals surface area contributed by atoms with Gasteiger partial charge in [-0.25, -0.2) is 4.39 Å². The normalized spacial score (nSPS) is 12.6. The van der Waals surface area contributed by atoms with Crippen molar-refractivity contribution in [1.82, 2.24) is 15.1 Å². The fourth-order valence-corrected chi connectivity index (χ4v) is 2.50. The van der Waals surface area contributed by atoms with Gasteiger partial charge in [0.25, 0.3) is 0 Å². The van der Waals surface area contributed by atoms with Crippen LogP contribution in [0, 0.1) is 5.82 Å². The van der Waals surface area contributed by atoms with E-state index in [-0.39, 0.29) is 11.9 Å². The quantitative estimate of drug-likeness (QED) is 0.854. The van der Waals surface area contributed by atoms with Gasteiger partial charge < -0.3 is 10.1 Å². The summed E-state index contributed by atoms with van der Waals surface area (Å²) in [5.74, 6) is -0.256. The molecule has 1 atom stereocenters. The van der Waals surface area contributed by atoms with Gasteiger partial charge in [-0.2, -0.15) is 5.10 Å². The minimum absolute atomic E-state index is 0.137. The molecular formula is C15H19ClFN3O. The van der Waals surface area contributed by atoms with E-state index in [2.05, 4.69) is 10.4 Å². The number of nitrogens with one attached hydrogen (secondary N) is 1. The summed E-state index contributed by atoms with van der Waals surface area (Å²) in [6, 6.07) is 6.27. The third-order valence-electron chi connectivity index (χ3n) is 3.23. The molecule has 0 bridgehead atoms. The first-order valence-electron chi connectivity index (χ1n) is 6.86. The zero-order chi connectivity index (χ0) is 15.2. The van der Waals surface area contributed by atoms with Gasteiger partial charge in [0.2, 0.25) is 0 Å². The van der Waals surface area contributed by atoms with Crippen molar-refractivity contribution in [2.24, 2.45) is 0 Å². The second-order valence-electron chi connectivity index (χ2n) is 4.64. The van der Waals surface area contributed by atoms with Gasteiger partial charge in [0.05, 0.1) is 36.1 Å². The predicted octanol–water partition coefficient (Wildman–Crippen LogP) is 3.02. The number of hydrogen-bond acceptors (Lipinski definition) is 3. The molecule has 4 nitrogen and oxygen atoms in total. The van der Waals surface area contributed by atoms with Gasteiger partial charge in [-0.3, -0.25) is 4.68 Å². The molecule has 1 heterocycles. The first-order valence-corrected chi connectivity index (χ1v) is 7.24. The Bertz CT molecular complexity index is 571. The molecule has 0 aliphatic heterocycles. The number of aromatic nitrogens is 2. The van der Waals surface area contributed by atoms with Crippen molar-refractivity contribution in [2.75, 3.05) is 20.3 Å². The molecule has 114 valence electrons. The average molecular weight is 312 g/mol. The Balaban J connectivity index is 2.37. The molecule has 0 saturated carbocycles. The summed E-state index contributed by atoms with van der Waals surface area (Å²) in [7, 11) is 1.65. The average Bonchev–Trinajstić information content (AvgIpc) is 2.84. The van der Waals surface area contributed by atoms with E-state index in [1.165, 1.54) is 12.1 Å². The lowest BCUT2D eigenvalue weighted by atomic mass is 10.0. The molecule has 1 N–H and O–H groups in total. The Morgan fingerprint density at radius 2 is 2.10 bits per heavy atom. The molecule has 0 amide bonds. The summed E-state index contributed by atoms with van der Waals surface area (Å²) < 4.78 is 20.0. The van der Waals surface area contributed by atoms with Crippen LogP contribution in [0.5, 0.6) is 0 Å². The minimum Gasteiger partial charge on any atom is -0.383 e. The van der Waals surface area contributed by atoms with Gasteiger partial charge in [0.1, 0.15) is 5.82 Å². The van der Waals surface area contributed by atoms with Gasteiger partial charge in [-0.15, -0.1) is 0 Å². The van der Waals surface area contributed by atoms with E-state index in [1.54, 1.807) is 25.4 Å². The molecule has 0 aliphatic rings. The Labute approximate surface area is 128 Å². The van der Waals surface area contributed by atoms with Crippen LogP contribution in [0.15, 0.2) is 30.5 Å². The van der Waals surface area contributed by atoms with E-state index in [1.807, 2.05) is 11.6 Å². The number of methoxy groups -OCH3 is 1. The minimum atomic E-state index is -0.256. The highest BCUT2D eigenvalue weighted by molar-refractivity contribution is 6.31. The van der Waals surface area contributed by atoms with Crippen LogP contribution in [0.25, 0.3) is 0 Å². The molecule has 0 radical (unpaired) electrons. The van der Waals surface area contributed by atoms with E-state index in [0.717, 1.165) is 17.8 Å². The first kappa shape index (κ1) is 15.9. The molecule has 0 saturated heterocycles. The molecular weight excluding hydrogens is 293 g/mol.